The van der Waals surface area contributed by atoms with Crippen molar-refractivity contribution in [2.24, 2.45) is 7.05 Å². The van der Waals surface area contributed by atoms with Crippen LogP contribution in [0.2, 0.25) is 5.02 Å². The average molecular weight is 363 g/mol. The van der Waals surface area contributed by atoms with Crippen molar-refractivity contribution in [3.05, 3.63) is 77.3 Å². The number of H-pyrrole nitrogens is 1. The number of ketones is 1. The summed E-state index contributed by atoms with van der Waals surface area (Å²) in [5.41, 5.74) is 4.09. The van der Waals surface area contributed by atoms with Crippen LogP contribution >= 0.6 is 11.6 Å². The minimum Gasteiger partial charge on any atom is -0.360 e. The van der Waals surface area contributed by atoms with E-state index in [-0.39, 0.29) is 5.78 Å². The third kappa shape index (κ3) is 3.05. The summed E-state index contributed by atoms with van der Waals surface area (Å²) in [6.07, 6.45) is 10.4. The largest absolute Gasteiger partial charge is 0.360 e. The summed E-state index contributed by atoms with van der Waals surface area (Å²) in [6, 6.07) is 9.22. The van der Waals surface area contributed by atoms with E-state index in [0.717, 1.165) is 27.7 Å². The molecule has 0 atom stereocenters. The molecule has 5 nitrogen and oxygen atoms in total. The van der Waals surface area contributed by atoms with Crippen molar-refractivity contribution in [1.82, 2.24) is 19.7 Å². The van der Waals surface area contributed by atoms with Crippen molar-refractivity contribution < 1.29 is 4.79 Å². The highest BCUT2D eigenvalue weighted by Crippen LogP contribution is 2.24. The number of aromatic nitrogens is 4. The van der Waals surface area contributed by atoms with Crippen LogP contribution < -0.4 is 0 Å². The number of hydrogen-bond acceptors (Lipinski definition) is 3. The number of pyridine rings is 1. The highest BCUT2D eigenvalue weighted by atomic mass is 35.5. The monoisotopic (exact) mass is 362 g/mol. The van der Waals surface area contributed by atoms with Gasteiger partial charge in [-0.15, -0.1) is 0 Å². The van der Waals surface area contributed by atoms with E-state index in [1.165, 1.54) is 0 Å². The molecule has 0 unspecified atom stereocenters. The SMILES string of the molecule is Cn1cc(/C=C/C(=O)c2c[nH]c3cc(Cl)ccc23)c(-c2ccncc2)n1. The van der Waals surface area contributed by atoms with E-state index in [1.807, 2.05) is 31.4 Å². The Morgan fingerprint density at radius 2 is 2.04 bits per heavy atom. The van der Waals surface area contributed by atoms with Gasteiger partial charge in [0.15, 0.2) is 5.78 Å². The molecule has 26 heavy (non-hydrogen) atoms. The van der Waals surface area contributed by atoms with Crippen LogP contribution in [0.15, 0.2) is 61.2 Å². The molecule has 0 bridgehead atoms. The van der Waals surface area contributed by atoms with E-state index >= 15 is 0 Å². The molecule has 0 spiro atoms. The Morgan fingerprint density at radius 1 is 1.23 bits per heavy atom. The number of carbonyl (C=O) groups is 1. The number of rotatable bonds is 4. The second kappa shape index (κ2) is 6.61. The second-order valence-electron chi connectivity index (χ2n) is 5.93. The molecule has 3 heterocycles. The third-order valence-electron chi connectivity index (χ3n) is 4.13. The van der Waals surface area contributed by atoms with Crippen molar-refractivity contribution in [3.63, 3.8) is 0 Å². The summed E-state index contributed by atoms with van der Waals surface area (Å²) >= 11 is 5.99. The smallest absolute Gasteiger partial charge is 0.188 e. The fourth-order valence-electron chi connectivity index (χ4n) is 2.92. The molecule has 0 fully saturated rings. The lowest BCUT2D eigenvalue weighted by Gasteiger charge is -1.98. The van der Waals surface area contributed by atoms with Gasteiger partial charge in [0.2, 0.25) is 0 Å². The molecule has 1 aromatic carbocycles. The number of carbonyl (C=O) groups excluding carboxylic acids is 1. The van der Waals surface area contributed by atoms with Crippen molar-refractivity contribution in [2.75, 3.05) is 0 Å². The Balaban J connectivity index is 1.67. The first-order valence-electron chi connectivity index (χ1n) is 8.05. The quantitative estimate of drug-likeness (QED) is 0.429. The van der Waals surface area contributed by atoms with Gasteiger partial charge in [-0.2, -0.15) is 5.10 Å². The molecule has 0 aliphatic rings. The zero-order valence-corrected chi connectivity index (χ0v) is 14.7. The highest BCUT2D eigenvalue weighted by Gasteiger charge is 2.11. The summed E-state index contributed by atoms with van der Waals surface area (Å²) in [5, 5.41) is 5.97. The standard InChI is InChI=1S/C20H15ClN4O/c1-25-12-14(20(24-25)13-6-8-22-9-7-13)2-5-19(26)17-11-23-18-10-15(21)3-4-16(17)18/h2-12,23H,1H3/b5-2+. The van der Waals surface area contributed by atoms with Crippen LogP contribution in [0, 0.1) is 0 Å². The maximum Gasteiger partial charge on any atom is 0.188 e. The van der Waals surface area contributed by atoms with Crippen LogP contribution in [0.5, 0.6) is 0 Å². The van der Waals surface area contributed by atoms with Gasteiger partial charge >= 0.3 is 0 Å². The summed E-state index contributed by atoms with van der Waals surface area (Å²) in [5.74, 6) is -0.0805. The fraction of sp³-hybridized carbons (Fsp3) is 0.0500. The van der Waals surface area contributed by atoms with Gasteiger partial charge in [0, 0.05) is 64.5 Å². The van der Waals surface area contributed by atoms with Crippen LogP contribution in [0.3, 0.4) is 0 Å². The van der Waals surface area contributed by atoms with Crippen molar-refractivity contribution in [1.29, 1.82) is 0 Å². The molecule has 0 radical (unpaired) electrons. The van der Waals surface area contributed by atoms with Crippen molar-refractivity contribution in [3.8, 4) is 11.3 Å². The first-order valence-corrected chi connectivity index (χ1v) is 8.43. The lowest BCUT2D eigenvalue weighted by Crippen LogP contribution is -1.92. The number of nitrogens with one attached hydrogen (secondary N) is 1. The summed E-state index contributed by atoms with van der Waals surface area (Å²) < 4.78 is 1.73. The van der Waals surface area contributed by atoms with Gasteiger partial charge in [0.1, 0.15) is 0 Å². The van der Waals surface area contributed by atoms with Crippen LogP contribution in [-0.4, -0.2) is 25.5 Å². The average Bonchev–Trinajstić information content (AvgIpc) is 3.23. The van der Waals surface area contributed by atoms with Crippen LogP contribution in [0.1, 0.15) is 15.9 Å². The normalized spacial score (nSPS) is 11.5. The first kappa shape index (κ1) is 16.3. The molecular formula is C20H15ClN4O. The molecule has 0 saturated carbocycles. The number of allylic oxidation sites excluding steroid dienone is 1. The summed E-state index contributed by atoms with van der Waals surface area (Å²) in [6.45, 7) is 0. The zero-order chi connectivity index (χ0) is 18.1. The second-order valence-corrected chi connectivity index (χ2v) is 6.37. The topological polar surface area (TPSA) is 63.6 Å². The predicted octanol–water partition coefficient (Wildman–Crippen LogP) is 4.51. The molecule has 1 N–H and O–H groups in total. The zero-order valence-electron chi connectivity index (χ0n) is 14.0. The lowest BCUT2D eigenvalue weighted by molar-refractivity contribution is 0.104. The maximum atomic E-state index is 12.7. The number of fused-ring (bicyclic) bond motifs is 1. The molecule has 0 aliphatic carbocycles. The van der Waals surface area contributed by atoms with Gasteiger partial charge in [-0.05, 0) is 36.4 Å². The van der Waals surface area contributed by atoms with Gasteiger partial charge in [0.05, 0.1) is 5.69 Å². The van der Waals surface area contributed by atoms with E-state index in [2.05, 4.69) is 15.1 Å². The fourth-order valence-corrected chi connectivity index (χ4v) is 3.09. The highest BCUT2D eigenvalue weighted by molar-refractivity contribution is 6.31. The minimum absolute atomic E-state index is 0.0805. The third-order valence-corrected chi connectivity index (χ3v) is 4.37. The molecule has 0 aliphatic heterocycles. The van der Waals surface area contributed by atoms with Gasteiger partial charge in [-0.1, -0.05) is 17.7 Å². The number of hydrogen-bond donors (Lipinski definition) is 1. The minimum atomic E-state index is -0.0805. The Morgan fingerprint density at radius 3 is 2.85 bits per heavy atom. The maximum absolute atomic E-state index is 12.7. The van der Waals surface area contributed by atoms with Gasteiger partial charge in [-0.25, -0.2) is 0 Å². The van der Waals surface area contributed by atoms with Gasteiger partial charge in [0.25, 0.3) is 0 Å². The van der Waals surface area contributed by atoms with Crippen LogP contribution in [-0.2, 0) is 7.05 Å². The number of benzene rings is 1. The van der Waals surface area contributed by atoms with Gasteiger partial charge in [-0.3, -0.25) is 14.5 Å². The van der Waals surface area contributed by atoms with E-state index in [1.54, 1.807) is 47.6 Å². The number of halogens is 1. The van der Waals surface area contributed by atoms with Crippen molar-refractivity contribution >= 4 is 34.4 Å². The molecule has 3 aromatic heterocycles. The summed E-state index contributed by atoms with van der Waals surface area (Å²) in [7, 11) is 1.85. The lowest BCUT2D eigenvalue weighted by atomic mass is 10.1. The predicted molar refractivity (Wildman–Crippen MR) is 103 cm³/mol. The molecule has 4 aromatic rings. The Bertz CT molecular complexity index is 1130. The van der Waals surface area contributed by atoms with E-state index in [4.69, 9.17) is 11.6 Å². The number of nitrogens with zero attached hydrogens (tertiary/aromatic N) is 3. The molecule has 6 heteroatoms. The molecular weight excluding hydrogens is 348 g/mol. The number of aryl methyl sites for hydroxylation is 1. The Labute approximate surface area is 154 Å². The number of aromatic amines is 1. The van der Waals surface area contributed by atoms with Crippen molar-refractivity contribution in [2.45, 2.75) is 0 Å². The van der Waals surface area contributed by atoms with Gasteiger partial charge < -0.3 is 4.98 Å². The Hall–Kier alpha value is -3.18. The van der Waals surface area contributed by atoms with E-state index in [9.17, 15) is 4.79 Å². The van der Waals surface area contributed by atoms with E-state index < -0.39 is 0 Å². The summed E-state index contributed by atoms with van der Waals surface area (Å²) in [4.78, 5) is 19.8. The Kier molecular flexibility index (Phi) is 4.14. The van der Waals surface area contributed by atoms with E-state index in [0.29, 0.717) is 10.6 Å². The first-order chi connectivity index (χ1) is 12.6. The van der Waals surface area contributed by atoms with Crippen LogP contribution in [0.4, 0.5) is 0 Å². The molecule has 0 saturated heterocycles. The molecule has 4 rings (SSSR count). The molecule has 128 valence electrons. The molecule has 0 amide bonds. The van der Waals surface area contributed by atoms with Crippen LogP contribution in [0.25, 0.3) is 28.2 Å².